The number of ether oxygens (including phenoxy) is 2. The third-order valence-electron chi connectivity index (χ3n) is 4.32. The Balaban J connectivity index is 1.64. The zero-order valence-electron chi connectivity index (χ0n) is 16.3. The fourth-order valence-electron chi connectivity index (χ4n) is 2.83. The Labute approximate surface area is 182 Å². The summed E-state index contributed by atoms with van der Waals surface area (Å²) in [6.45, 7) is 1.46. The molecule has 4 rings (SSSR count). The van der Waals surface area contributed by atoms with Crippen LogP contribution in [0.1, 0.15) is 6.92 Å². The molecule has 156 valence electrons. The van der Waals surface area contributed by atoms with Gasteiger partial charge in [-0.3, -0.25) is 0 Å². The van der Waals surface area contributed by atoms with Crippen molar-refractivity contribution in [3.05, 3.63) is 72.1 Å². The lowest BCUT2D eigenvalue weighted by Gasteiger charge is -2.15. The Morgan fingerprint density at radius 2 is 1.94 bits per heavy atom. The first kappa shape index (κ1) is 20.4. The highest BCUT2D eigenvalue weighted by Gasteiger charge is 2.17. The number of anilines is 2. The standard InChI is InChI=1S/C22H17ClN4O4/c1-13(22(28)29)30-18-6-4-5-16-20(18)21(26-12-25-16)27-14-8-9-17(15(23)11-14)31-19-7-2-3-10-24-19/h2-13H,1H3,(H,28,29)(H,25,26,27)/t13-/m1/s1. The van der Waals surface area contributed by atoms with E-state index in [4.69, 9.17) is 21.1 Å². The summed E-state index contributed by atoms with van der Waals surface area (Å²) in [5, 5.41) is 13.3. The Morgan fingerprint density at radius 3 is 2.68 bits per heavy atom. The summed E-state index contributed by atoms with van der Waals surface area (Å²) in [5.74, 6) is 0.627. The highest BCUT2D eigenvalue weighted by Crippen LogP contribution is 2.35. The molecular weight excluding hydrogens is 420 g/mol. The van der Waals surface area contributed by atoms with Gasteiger partial charge in [-0.05, 0) is 43.3 Å². The third-order valence-corrected chi connectivity index (χ3v) is 4.62. The summed E-state index contributed by atoms with van der Waals surface area (Å²) in [5.41, 5.74) is 1.26. The highest BCUT2D eigenvalue weighted by molar-refractivity contribution is 6.32. The summed E-state index contributed by atoms with van der Waals surface area (Å²) >= 11 is 6.38. The molecule has 0 radical (unpaired) electrons. The van der Waals surface area contributed by atoms with Crippen molar-refractivity contribution in [2.75, 3.05) is 5.32 Å². The molecule has 0 unspecified atom stereocenters. The predicted octanol–water partition coefficient (Wildman–Crippen LogP) is 5.07. The van der Waals surface area contributed by atoms with E-state index < -0.39 is 12.1 Å². The van der Waals surface area contributed by atoms with Gasteiger partial charge < -0.3 is 19.9 Å². The maximum atomic E-state index is 11.2. The van der Waals surface area contributed by atoms with Gasteiger partial charge in [0.2, 0.25) is 5.88 Å². The van der Waals surface area contributed by atoms with E-state index in [9.17, 15) is 9.90 Å². The molecule has 0 spiro atoms. The summed E-state index contributed by atoms with van der Waals surface area (Å²) in [7, 11) is 0. The lowest BCUT2D eigenvalue weighted by Crippen LogP contribution is -2.23. The number of carboxylic acids is 1. The largest absolute Gasteiger partial charge is 0.479 e. The van der Waals surface area contributed by atoms with E-state index in [1.807, 2.05) is 6.07 Å². The second-order valence-electron chi connectivity index (χ2n) is 6.51. The van der Waals surface area contributed by atoms with Crippen molar-refractivity contribution in [2.24, 2.45) is 0 Å². The number of rotatable bonds is 7. The quantitative estimate of drug-likeness (QED) is 0.413. The van der Waals surface area contributed by atoms with Crippen molar-refractivity contribution in [1.29, 1.82) is 0 Å². The van der Waals surface area contributed by atoms with Gasteiger partial charge >= 0.3 is 5.97 Å². The number of carboxylic acid groups (broad SMARTS) is 1. The van der Waals surface area contributed by atoms with Crippen LogP contribution in [0.4, 0.5) is 11.5 Å². The average molecular weight is 437 g/mol. The topological polar surface area (TPSA) is 106 Å². The van der Waals surface area contributed by atoms with E-state index in [0.29, 0.717) is 44.8 Å². The molecule has 0 aliphatic rings. The van der Waals surface area contributed by atoms with Gasteiger partial charge in [0, 0.05) is 18.0 Å². The van der Waals surface area contributed by atoms with Crippen LogP contribution in [0.25, 0.3) is 10.9 Å². The van der Waals surface area contributed by atoms with E-state index in [1.54, 1.807) is 54.7 Å². The van der Waals surface area contributed by atoms with Crippen molar-refractivity contribution < 1.29 is 19.4 Å². The number of pyridine rings is 1. The molecule has 0 saturated carbocycles. The van der Waals surface area contributed by atoms with Gasteiger partial charge in [-0.15, -0.1) is 0 Å². The maximum absolute atomic E-state index is 11.2. The molecular formula is C22H17ClN4O4. The van der Waals surface area contributed by atoms with Crippen LogP contribution in [-0.2, 0) is 4.79 Å². The first-order valence-corrected chi connectivity index (χ1v) is 9.67. The Kier molecular flexibility index (Phi) is 5.81. The van der Waals surface area contributed by atoms with Crippen LogP contribution in [0, 0.1) is 0 Å². The second kappa shape index (κ2) is 8.85. The molecule has 8 nitrogen and oxygen atoms in total. The summed E-state index contributed by atoms with van der Waals surface area (Å²) < 4.78 is 11.3. The van der Waals surface area contributed by atoms with Gasteiger partial charge in [-0.25, -0.2) is 19.7 Å². The lowest BCUT2D eigenvalue weighted by atomic mass is 10.2. The van der Waals surface area contributed by atoms with Crippen molar-refractivity contribution in [1.82, 2.24) is 15.0 Å². The molecule has 2 heterocycles. The molecule has 0 bridgehead atoms. The zero-order valence-corrected chi connectivity index (χ0v) is 17.1. The number of nitrogens with one attached hydrogen (secondary N) is 1. The minimum absolute atomic E-state index is 0.358. The number of aliphatic carboxylic acids is 1. The molecule has 1 atom stereocenters. The first-order valence-electron chi connectivity index (χ1n) is 9.30. The molecule has 9 heteroatoms. The summed E-state index contributed by atoms with van der Waals surface area (Å²) in [6, 6.07) is 15.7. The maximum Gasteiger partial charge on any atom is 0.344 e. The van der Waals surface area contributed by atoms with Crippen LogP contribution < -0.4 is 14.8 Å². The fourth-order valence-corrected chi connectivity index (χ4v) is 3.05. The second-order valence-corrected chi connectivity index (χ2v) is 6.92. The molecule has 0 aliphatic carbocycles. The molecule has 0 fully saturated rings. The molecule has 2 aromatic heterocycles. The van der Waals surface area contributed by atoms with E-state index in [0.717, 1.165) is 0 Å². The van der Waals surface area contributed by atoms with E-state index in [-0.39, 0.29) is 0 Å². The number of hydrogen-bond donors (Lipinski definition) is 2. The molecule has 2 aromatic carbocycles. The normalized spacial score (nSPS) is 11.7. The number of benzene rings is 2. The molecule has 4 aromatic rings. The number of hydrogen-bond acceptors (Lipinski definition) is 7. The Hall–Kier alpha value is -3.91. The molecule has 0 amide bonds. The van der Waals surface area contributed by atoms with E-state index >= 15 is 0 Å². The smallest absolute Gasteiger partial charge is 0.344 e. The minimum atomic E-state index is -1.07. The molecule has 31 heavy (non-hydrogen) atoms. The van der Waals surface area contributed by atoms with Gasteiger partial charge in [-0.2, -0.15) is 0 Å². The van der Waals surface area contributed by atoms with Crippen LogP contribution in [0.5, 0.6) is 17.4 Å². The number of aromatic nitrogens is 3. The van der Waals surface area contributed by atoms with Gasteiger partial charge in [-0.1, -0.05) is 23.7 Å². The first-order chi connectivity index (χ1) is 15.0. The van der Waals surface area contributed by atoms with Crippen molar-refractivity contribution in [3.8, 4) is 17.4 Å². The Morgan fingerprint density at radius 1 is 1.06 bits per heavy atom. The van der Waals surface area contributed by atoms with Gasteiger partial charge in [0.05, 0.1) is 15.9 Å². The minimum Gasteiger partial charge on any atom is -0.479 e. The highest BCUT2D eigenvalue weighted by atomic mass is 35.5. The molecule has 0 aliphatic heterocycles. The van der Waals surface area contributed by atoms with Crippen molar-refractivity contribution >= 4 is 40.0 Å². The molecule has 2 N–H and O–H groups in total. The van der Waals surface area contributed by atoms with Crippen LogP contribution >= 0.6 is 11.6 Å². The van der Waals surface area contributed by atoms with Crippen molar-refractivity contribution in [3.63, 3.8) is 0 Å². The van der Waals surface area contributed by atoms with E-state index in [2.05, 4.69) is 20.3 Å². The third kappa shape index (κ3) is 4.65. The van der Waals surface area contributed by atoms with E-state index in [1.165, 1.54) is 13.3 Å². The van der Waals surface area contributed by atoms with Crippen LogP contribution in [0.15, 0.2) is 67.1 Å². The number of carbonyl (C=O) groups is 1. The monoisotopic (exact) mass is 436 g/mol. The Bertz CT molecular complexity index is 1230. The summed E-state index contributed by atoms with van der Waals surface area (Å²) in [6.07, 6.45) is 2.01. The van der Waals surface area contributed by atoms with Crippen LogP contribution in [0.2, 0.25) is 5.02 Å². The number of fused-ring (bicyclic) bond motifs is 1. The van der Waals surface area contributed by atoms with Crippen LogP contribution in [-0.4, -0.2) is 32.1 Å². The van der Waals surface area contributed by atoms with Gasteiger partial charge in [0.1, 0.15) is 23.6 Å². The molecule has 0 saturated heterocycles. The SMILES string of the molecule is C[C@@H](Oc1cccc2ncnc(Nc3ccc(Oc4ccccn4)c(Cl)c3)c12)C(=O)O. The average Bonchev–Trinajstić information content (AvgIpc) is 2.76. The van der Waals surface area contributed by atoms with Gasteiger partial charge in [0.15, 0.2) is 6.10 Å². The zero-order chi connectivity index (χ0) is 21.8. The predicted molar refractivity (Wildman–Crippen MR) is 116 cm³/mol. The van der Waals surface area contributed by atoms with Crippen LogP contribution in [0.3, 0.4) is 0 Å². The number of nitrogens with zero attached hydrogens (tertiary/aromatic N) is 3. The van der Waals surface area contributed by atoms with Crippen molar-refractivity contribution in [2.45, 2.75) is 13.0 Å². The number of halogens is 1. The summed E-state index contributed by atoms with van der Waals surface area (Å²) in [4.78, 5) is 23.9. The van der Waals surface area contributed by atoms with Gasteiger partial charge in [0.25, 0.3) is 0 Å². The fraction of sp³-hybridized carbons (Fsp3) is 0.0909. The lowest BCUT2D eigenvalue weighted by molar-refractivity contribution is -0.144.